The summed E-state index contributed by atoms with van der Waals surface area (Å²) >= 11 is 0. The van der Waals surface area contributed by atoms with E-state index in [0.29, 0.717) is 35.5 Å². The van der Waals surface area contributed by atoms with Crippen LogP contribution in [0.4, 0.5) is 10.5 Å². The van der Waals surface area contributed by atoms with Crippen LogP contribution in [0.1, 0.15) is 57.7 Å². The lowest BCUT2D eigenvalue weighted by molar-refractivity contribution is 0.0786. The lowest BCUT2D eigenvalue weighted by Crippen LogP contribution is -2.49. The first-order valence-corrected chi connectivity index (χ1v) is 13.7. The molecule has 0 aliphatic carbocycles. The second-order valence-corrected chi connectivity index (χ2v) is 12.5. The van der Waals surface area contributed by atoms with Crippen molar-refractivity contribution in [2.75, 3.05) is 11.9 Å². The molecule has 2 heterocycles. The third-order valence-corrected chi connectivity index (χ3v) is 7.70. The van der Waals surface area contributed by atoms with Gasteiger partial charge in [-0.1, -0.05) is 45.0 Å². The molecule has 2 unspecified atom stereocenters. The van der Waals surface area contributed by atoms with Crippen molar-refractivity contribution in [3.8, 4) is 22.6 Å². The smallest absolute Gasteiger partial charge is 0.407 e. The fraction of sp³-hybridized carbons (Fsp3) is 0.438. The lowest BCUT2D eigenvalue weighted by Gasteiger charge is -2.37. The van der Waals surface area contributed by atoms with Gasteiger partial charge in [0.05, 0.1) is 11.6 Å². The van der Waals surface area contributed by atoms with E-state index in [-0.39, 0.29) is 23.1 Å². The summed E-state index contributed by atoms with van der Waals surface area (Å²) in [6.45, 7) is 13.9. The molecule has 1 aliphatic heterocycles. The highest BCUT2D eigenvalue weighted by Gasteiger charge is 2.44. The number of anilines is 1. The van der Waals surface area contributed by atoms with E-state index >= 15 is 0 Å². The van der Waals surface area contributed by atoms with Crippen LogP contribution in [0.2, 0.25) is 0 Å². The number of aryl methyl sites for hydroxylation is 3. The number of nitrogens with zero attached hydrogens (tertiary/aromatic N) is 2. The van der Waals surface area contributed by atoms with Crippen molar-refractivity contribution in [3.05, 3.63) is 75.7 Å². The molecule has 0 radical (unpaired) electrons. The van der Waals surface area contributed by atoms with Crippen molar-refractivity contribution in [2.24, 2.45) is 12.5 Å². The Labute approximate surface area is 236 Å². The summed E-state index contributed by atoms with van der Waals surface area (Å²) in [5.74, 6) is 1.33. The van der Waals surface area contributed by atoms with Crippen LogP contribution in [-0.4, -0.2) is 44.4 Å². The first-order chi connectivity index (χ1) is 18.6. The molecule has 1 aliphatic rings. The normalized spacial score (nSPS) is 17.7. The molecule has 1 saturated heterocycles. The van der Waals surface area contributed by atoms with Gasteiger partial charge in [0.1, 0.15) is 11.5 Å². The van der Waals surface area contributed by atoms with Gasteiger partial charge in [-0.05, 0) is 68.4 Å². The molecule has 8 heteroatoms. The molecule has 0 saturated carbocycles. The summed E-state index contributed by atoms with van der Waals surface area (Å²) in [6, 6.07) is 12.6. The van der Waals surface area contributed by atoms with Gasteiger partial charge in [0, 0.05) is 48.7 Å². The van der Waals surface area contributed by atoms with Crippen LogP contribution in [0.3, 0.4) is 0 Å². The third kappa shape index (κ3) is 5.87. The predicted molar refractivity (Wildman–Crippen MR) is 158 cm³/mol. The van der Waals surface area contributed by atoms with Gasteiger partial charge in [-0.15, -0.1) is 0 Å². The number of para-hydroxylation sites is 1. The summed E-state index contributed by atoms with van der Waals surface area (Å²) in [7, 11) is 1.70. The Morgan fingerprint density at radius 1 is 1.02 bits per heavy atom. The number of amides is 1. The number of rotatable bonds is 6. The average molecular weight is 548 g/mol. The number of ether oxygens (including phenoxy) is 1. The Hall–Kier alpha value is -3.78. The van der Waals surface area contributed by atoms with Crippen LogP contribution in [0.25, 0.3) is 11.1 Å². The van der Waals surface area contributed by atoms with E-state index < -0.39 is 11.7 Å². The number of hydrogen-bond donors (Lipinski definition) is 3. The molecule has 214 valence electrons. The van der Waals surface area contributed by atoms with Gasteiger partial charge < -0.3 is 29.7 Å². The molecule has 1 amide bonds. The zero-order valence-electron chi connectivity index (χ0n) is 24.7. The quantitative estimate of drug-likeness (QED) is 0.336. The Kier molecular flexibility index (Phi) is 7.78. The highest BCUT2D eigenvalue weighted by molar-refractivity contribution is 5.82. The molecular weight excluding hydrogens is 506 g/mol. The molecule has 40 heavy (non-hydrogen) atoms. The first-order valence-electron chi connectivity index (χ1n) is 13.7. The summed E-state index contributed by atoms with van der Waals surface area (Å²) in [6.07, 6.45) is 1.43. The number of aromatic nitrogens is 1. The maximum absolute atomic E-state index is 12.9. The molecule has 1 aromatic heterocycles. The Morgan fingerprint density at radius 2 is 1.68 bits per heavy atom. The van der Waals surface area contributed by atoms with E-state index in [2.05, 4.69) is 5.32 Å². The summed E-state index contributed by atoms with van der Waals surface area (Å²) in [5.41, 5.74) is 3.07. The minimum absolute atomic E-state index is 0.192. The highest BCUT2D eigenvalue weighted by atomic mass is 16.5. The largest absolute Gasteiger partial charge is 0.465 e. The Morgan fingerprint density at radius 3 is 2.25 bits per heavy atom. The lowest BCUT2D eigenvalue weighted by atomic mass is 9.82. The van der Waals surface area contributed by atoms with Crippen LogP contribution in [0.5, 0.6) is 11.5 Å². The van der Waals surface area contributed by atoms with Gasteiger partial charge >= 0.3 is 6.09 Å². The number of benzene rings is 2. The number of hydrogen-bond acceptors (Lipinski definition) is 5. The van der Waals surface area contributed by atoms with Crippen molar-refractivity contribution in [1.82, 2.24) is 9.47 Å². The molecule has 8 nitrogen and oxygen atoms in total. The average Bonchev–Trinajstić information content (AvgIpc) is 3.28. The van der Waals surface area contributed by atoms with Crippen LogP contribution < -0.4 is 15.6 Å². The molecule has 2 aromatic carbocycles. The number of likely N-dealkylation sites (tertiary alicyclic amines) is 1. The van der Waals surface area contributed by atoms with Crippen molar-refractivity contribution in [3.63, 3.8) is 0 Å². The van der Waals surface area contributed by atoms with Gasteiger partial charge in [0.25, 0.3) is 5.56 Å². The fourth-order valence-electron chi connectivity index (χ4n) is 5.67. The van der Waals surface area contributed by atoms with Crippen LogP contribution in [0, 0.1) is 19.3 Å². The van der Waals surface area contributed by atoms with Crippen LogP contribution in [0.15, 0.2) is 53.5 Å². The van der Waals surface area contributed by atoms with E-state index in [9.17, 15) is 19.8 Å². The number of carboxylic acid groups (broad SMARTS) is 1. The third-order valence-electron chi connectivity index (χ3n) is 7.70. The summed E-state index contributed by atoms with van der Waals surface area (Å²) in [4.78, 5) is 26.4. The van der Waals surface area contributed by atoms with Crippen molar-refractivity contribution >= 4 is 11.8 Å². The second-order valence-electron chi connectivity index (χ2n) is 12.5. The van der Waals surface area contributed by atoms with Crippen LogP contribution >= 0.6 is 0 Å². The van der Waals surface area contributed by atoms with E-state index in [1.165, 1.54) is 9.47 Å². The maximum Gasteiger partial charge on any atom is 0.407 e. The highest BCUT2D eigenvalue weighted by Crippen LogP contribution is 2.42. The van der Waals surface area contributed by atoms with Gasteiger partial charge in [-0.3, -0.25) is 4.79 Å². The van der Waals surface area contributed by atoms with Crippen molar-refractivity contribution < 1.29 is 19.7 Å². The minimum atomic E-state index is -1.11. The van der Waals surface area contributed by atoms with Crippen LogP contribution in [-0.2, 0) is 12.6 Å². The predicted octanol–water partition coefficient (Wildman–Crippen LogP) is 6.27. The maximum atomic E-state index is 12.9. The minimum Gasteiger partial charge on any atom is -0.465 e. The van der Waals surface area contributed by atoms with E-state index in [1.807, 2.05) is 71.0 Å². The Balaban J connectivity index is 1.89. The van der Waals surface area contributed by atoms with Gasteiger partial charge in [-0.2, -0.15) is 0 Å². The summed E-state index contributed by atoms with van der Waals surface area (Å²) in [5, 5.41) is 24.3. The van der Waals surface area contributed by atoms with Crippen molar-refractivity contribution in [2.45, 2.75) is 72.6 Å². The molecule has 0 bridgehead atoms. The van der Waals surface area contributed by atoms with Gasteiger partial charge in [-0.25, -0.2) is 4.79 Å². The molecule has 3 N–H and O–H groups in total. The molecule has 0 spiro atoms. The van der Waals surface area contributed by atoms with Crippen molar-refractivity contribution in [1.29, 1.82) is 0 Å². The first kappa shape index (κ1) is 29.2. The molecule has 4 rings (SSSR count). The van der Waals surface area contributed by atoms with Gasteiger partial charge in [0.2, 0.25) is 0 Å². The zero-order valence-corrected chi connectivity index (χ0v) is 24.7. The van der Waals surface area contributed by atoms with E-state index in [4.69, 9.17) is 4.74 Å². The number of pyridine rings is 1. The van der Waals surface area contributed by atoms with Gasteiger partial charge in [0.15, 0.2) is 0 Å². The van der Waals surface area contributed by atoms with E-state index in [0.717, 1.165) is 22.4 Å². The molecule has 2 atom stereocenters. The topological polar surface area (TPSA) is 104 Å². The molecule has 1 fully saturated rings. The molecular formula is C32H41N3O5. The number of aliphatic hydroxyl groups is 1. The number of carbonyl (C=O) groups is 1. The molecule has 3 aromatic rings. The zero-order chi connectivity index (χ0) is 29.6. The second kappa shape index (κ2) is 10.7. The fourth-order valence-corrected chi connectivity index (χ4v) is 5.67. The standard InChI is InChI=1S/C32H41N3O5/c1-19-10-9-11-20(2)28(19)40-26-13-12-21(32(6,7)39)16-22(26)23-18-34(8)27(36)17-25(23)33-24-14-15-35(30(37)38)29(24)31(3,4)5/h9-13,16-18,24,29,33,39H,14-15H2,1-8H3,(H,37,38). The van der Waals surface area contributed by atoms with E-state index in [1.54, 1.807) is 33.2 Å². The Bertz CT molecular complexity index is 1460. The number of nitrogens with one attached hydrogen (secondary N) is 1. The monoisotopic (exact) mass is 547 g/mol. The summed E-state index contributed by atoms with van der Waals surface area (Å²) < 4.78 is 8.04. The SMILES string of the molecule is Cc1cccc(C)c1Oc1ccc(C(C)(C)O)cc1-c1cn(C)c(=O)cc1NC1CCN(C(=O)O)C1C(C)(C)C.